The van der Waals surface area contributed by atoms with Crippen LogP contribution < -0.4 is 0 Å². The zero-order chi connectivity index (χ0) is 15.2. The topological polar surface area (TPSA) is 34.1 Å². The minimum Gasteiger partial charge on any atom is -0.298 e. The Morgan fingerprint density at radius 2 is 1.81 bits per heavy atom. The average Bonchev–Trinajstić information content (AvgIpc) is 2.98. The molecule has 2 aliphatic carbocycles. The van der Waals surface area contributed by atoms with Gasteiger partial charge in [0.15, 0.2) is 5.78 Å². The first kappa shape index (κ1) is 14.5. The van der Waals surface area contributed by atoms with Crippen molar-refractivity contribution in [2.24, 2.45) is 5.41 Å². The maximum Gasteiger partial charge on any atom is 0.154 e. The van der Waals surface area contributed by atoms with E-state index in [0.29, 0.717) is 6.42 Å². The van der Waals surface area contributed by atoms with E-state index in [-0.39, 0.29) is 17.0 Å². The van der Waals surface area contributed by atoms with Gasteiger partial charge < -0.3 is 0 Å². The van der Waals surface area contributed by atoms with E-state index < -0.39 is 5.92 Å². The smallest absolute Gasteiger partial charge is 0.154 e. The molecule has 3 rings (SSSR count). The molecule has 1 spiro atoms. The molecule has 2 fully saturated rings. The number of hydrogen-bond donors (Lipinski definition) is 0. The zero-order valence-corrected chi connectivity index (χ0v) is 13.3. The Bertz CT molecular complexity index is 606. The van der Waals surface area contributed by atoms with Crippen LogP contribution in [0.1, 0.15) is 67.2 Å². The predicted octanol–water partition coefficient (Wildman–Crippen LogP) is 4.05. The Labute approximate surface area is 126 Å². The highest BCUT2D eigenvalue weighted by Crippen LogP contribution is 2.52. The van der Waals surface area contributed by atoms with Crippen molar-refractivity contribution in [2.75, 3.05) is 0 Å². The van der Waals surface area contributed by atoms with Crippen molar-refractivity contribution in [1.82, 2.24) is 0 Å². The molecule has 112 valence electrons. The van der Waals surface area contributed by atoms with E-state index in [4.69, 9.17) is 0 Å². The molecule has 0 N–H and O–H groups in total. The lowest BCUT2D eigenvalue weighted by Crippen LogP contribution is -2.25. The van der Waals surface area contributed by atoms with Gasteiger partial charge in [-0.2, -0.15) is 0 Å². The first-order valence-electron chi connectivity index (χ1n) is 8.15. The molecule has 21 heavy (non-hydrogen) atoms. The van der Waals surface area contributed by atoms with Crippen molar-refractivity contribution in [3.8, 4) is 0 Å². The molecule has 0 aliphatic heterocycles. The second kappa shape index (κ2) is 5.08. The fraction of sp³-hybridized carbons (Fsp3) is 0.579. The lowest BCUT2D eigenvalue weighted by atomic mass is 9.79. The van der Waals surface area contributed by atoms with Crippen molar-refractivity contribution >= 4 is 11.6 Å². The van der Waals surface area contributed by atoms with E-state index >= 15 is 0 Å². The molecule has 2 nitrogen and oxygen atoms in total. The number of aryl methyl sites for hydroxylation is 3. The molecular formula is C19H24O2. The van der Waals surface area contributed by atoms with Crippen LogP contribution in [0.3, 0.4) is 0 Å². The third kappa shape index (κ3) is 2.16. The molecule has 2 aliphatic rings. The minimum absolute atomic E-state index is 0.156. The van der Waals surface area contributed by atoms with Crippen LogP contribution in [-0.2, 0) is 16.0 Å². The number of hydrogen-bond acceptors (Lipinski definition) is 2. The van der Waals surface area contributed by atoms with Crippen molar-refractivity contribution < 1.29 is 9.59 Å². The summed E-state index contributed by atoms with van der Waals surface area (Å²) in [6, 6.07) is 4.25. The number of benzene rings is 1. The van der Waals surface area contributed by atoms with Gasteiger partial charge >= 0.3 is 0 Å². The van der Waals surface area contributed by atoms with Gasteiger partial charge in [0.25, 0.3) is 0 Å². The first-order valence-corrected chi connectivity index (χ1v) is 8.15. The summed E-state index contributed by atoms with van der Waals surface area (Å²) in [7, 11) is 0. The van der Waals surface area contributed by atoms with E-state index in [0.717, 1.165) is 43.2 Å². The average molecular weight is 284 g/mol. The summed E-state index contributed by atoms with van der Waals surface area (Å²) in [5.41, 5.74) is 4.19. The molecule has 0 bridgehead atoms. The quantitative estimate of drug-likeness (QED) is 0.768. The van der Waals surface area contributed by atoms with Gasteiger partial charge in [0.2, 0.25) is 0 Å². The van der Waals surface area contributed by atoms with E-state index in [1.807, 2.05) is 6.92 Å². The minimum atomic E-state index is -0.487. The molecule has 2 heteroatoms. The van der Waals surface area contributed by atoms with Crippen LogP contribution in [-0.4, -0.2) is 11.6 Å². The summed E-state index contributed by atoms with van der Waals surface area (Å²) in [6.07, 6.45) is 5.38. The summed E-state index contributed by atoms with van der Waals surface area (Å²) >= 11 is 0. The standard InChI is InChI=1S/C19H24O2/c1-4-14-10-12(2)9-13(3)16(14)17-15(20)11-19(18(17)21)7-5-6-8-19/h9-10,17H,4-8,11H2,1-3H3. The van der Waals surface area contributed by atoms with Crippen LogP contribution in [0, 0.1) is 19.3 Å². The van der Waals surface area contributed by atoms with Crippen LogP contribution in [0.5, 0.6) is 0 Å². The van der Waals surface area contributed by atoms with Crippen LogP contribution >= 0.6 is 0 Å². The van der Waals surface area contributed by atoms with Crippen LogP contribution in [0.2, 0.25) is 0 Å². The summed E-state index contributed by atoms with van der Waals surface area (Å²) in [5.74, 6) is -0.117. The van der Waals surface area contributed by atoms with Gasteiger partial charge in [-0.25, -0.2) is 0 Å². The van der Waals surface area contributed by atoms with E-state index in [2.05, 4.69) is 26.0 Å². The van der Waals surface area contributed by atoms with Gasteiger partial charge in [-0.1, -0.05) is 37.5 Å². The Kier molecular flexibility index (Phi) is 3.51. The largest absolute Gasteiger partial charge is 0.298 e. The van der Waals surface area contributed by atoms with Gasteiger partial charge in [0, 0.05) is 11.8 Å². The summed E-state index contributed by atoms with van der Waals surface area (Å²) in [4.78, 5) is 25.7. The predicted molar refractivity (Wildman–Crippen MR) is 83.6 cm³/mol. The summed E-state index contributed by atoms with van der Waals surface area (Å²) in [5, 5.41) is 0. The second-order valence-electron chi connectivity index (χ2n) is 6.94. The van der Waals surface area contributed by atoms with Crippen LogP contribution in [0.25, 0.3) is 0 Å². The molecule has 0 heterocycles. The fourth-order valence-corrected chi connectivity index (χ4v) is 4.51. The van der Waals surface area contributed by atoms with Gasteiger partial charge in [0.1, 0.15) is 11.7 Å². The first-order chi connectivity index (χ1) is 9.98. The Hall–Kier alpha value is -1.44. The number of carbonyl (C=O) groups is 2. The highest BCUT2D eigenvalue weighted by atomic mass is 16.2. The molecule has 1 atom stereocenters. The Balaban J connectivity index is 2.09. The SMILES string of the molecule is CCc1cc(C)cc(C)c1C1C(=O)CC2(CCCC2)C1=O. The van der Waals surface area contributed by atoms with Crippen molar-refractivity contribution in [1.29, 1.82) is 0 Å². The van der Waals surface area contributed by atoms with E-state index in [1.54, 1.807) is 0 Å². The monoisotopic (exact) mass is 284 g/mol. The third-order valence-electron chi connectivity index (χ3n) is 5.47. The van der Waals surface area contributed by atoms with Crippen molar-refractivity contribution in [3.63, 3.8) is 0 Å². The molecule has 0 amide bonds. The maximum absolute atomic E-state index is 13.0. The van der Waals surface area contributed by atoms with Crippen LogP contribution in [0.4, 0.5) is 0 Å². The van der Waals surface area contributed by atoms with Crippen molar-refractivity contribution in [3.05, 3.63) is 34.4 Å². The highest BCUT2D eigenvalue weighted by Gasteiger charge is 2.54. The number of carbonyl (C=O) groups excluding carboxylic acids is 2. The molecule has 1 aromatic carbocycles. The lowest BCUT2D eigenvalue weighted by Gasteiger charge is -2.22. The molecule has 0 radical (unpaired) electrons. The molecule has 2 saturated carbocycles. The molecule has 0 saturated heterocycles. The highest BCUT2D eigenvalue weighted by molar-refractivity contribution is 6.17. The number of ketones is 2. The molecule has 1 unspecified atom stereocenters. The van der Waals surface area contributed by atoms with E-state index in [9.17, 15) is 9.59 Å². The van der Waals surface area contributed by atoms with Gasteiger partial charge in [-0.3, -0.25) is 9.59 Å². The normalized spacial score (nSPS) is 24.2. The lowest BCUT2D eigenvalue weighted by molar-refractivity contribution is -0.127. The zero-order valence-electron chi connectivity index (χ0n) is 13.3. The molecular weight excluding hydrogens is 260 g/mol. The van der Waals surface area contributed by atoms with Crippen LogP contribution in [0.15, 0.2) is 12.1 Å². The number of Topliss-reactive ketones (excluding diaryl/α,β-unsaturated/α-hetero) is 2. The third-order valence-corrected chi connectivity index (χ3v) is 5.47. The van der Waals surface area contributed by atoms with E-state index in [1.165, 1.54) is 11.1 Å². The maximum atomic E-state index is 13.0. The Morgan fingerprint density at radius 1 is 1.14 bits per heavy atom. The molecule has 0 aromatic heterocycles. The van der Waals surface area contributed by atoms with Gasteiger partial charge in [-0.15, -0.1) is 0 Å². The van der Waals surface area contributed by atoms with Gasteiger partial charge in [-0.05, 0) is 49.8 Å². The molecule has 1 aromatic rings. The number of rotatable bonds is 2. The van der Waals surface area contributed by atoms with Crippen molar-refractivity contribution in [2.45, 2.75) is 65.2 Å². The summed E-state index contributed by atoms with van der Waals surface area (Å²) < 4.78 is 0. The van der Waals surface area contributed by atoms with Gasteiger partial charge in [0.05, 0.1) is 0 Å². The summed E-state index contributed by atoms with van der Waals surface area (Å²) in [6.45, 7) is 6.22. The second-order valence-corrected chi connectivity index (χ2v) is 6.94. The Morgan fingerprint density at radius 3 is 2.43 bits per heavy atom. The fourth-order valence-electron chi connectivity index (χ4n) is 4.51.